The van der Waals surface area contributed by atoms with Gasteiger partial charge in [-0.05, 0) is 123 Å². The molecule has 2 heterocycles. The van der Waals surface area contributed by atoms with E-state index >= 15 is 0 Å². The smallest absolute Gasteiger partial charge is 0.419 e. The highest BCUT2D eigenvalue weighted by molar-refractivity contribution is 7.92. The van der Waals surface area contributed by atoms with Gasteiger partial charge in [-0.3, -0.25) is 14.0 Å². The van der Waals surface area contributed by atoms with Crippen molar-refractivity contribution in [1.29, 1.82) is 0 Å². The van der Waals surface area contributed by atoms with Gasteiger partial charge < -0.3 is 24.2 Å². The van der Waals surface area contributed by atoms with Crippen LogP contribution in [-0.2, 0) is 35.4 Å². The summed E-state index contributed by atoms with van der Waals surface area (Å²) in [6, 6.07) is 11.6. The summed E-state index contributed by atoms with van der Waals surface area (Å²) in [7, 11) is -4.39. The van der Waals surface area contributed by atoms with Gasteiger partial charge in [0, 0.05) is 28.8 Å². The van der Waals surface area contributed by atoms with E-state index in [0.29, 0.717) is 30.0 Å². The van der Waals surface area contributed by atoms with Crippen LogP contribution in [0.1, 0.15) is 67.9 Å². The fraction of sp³-hybridized carbons (Fsp3) is 0.459. The van der Waals surface area contributed by atoms with Gasteiger partial charge in [0.05, 0.1) is 17.1 Å². The third-order valence-electron chi connectivity index (χ3n) is 7.53. The minimum atomic E-state index is -4.39. The Labute approximate surface area is 336 Å². The zero-order valence-electron chi connectivity index (χ0n) is 32.6. The SMILES string of the molecule is CC(C)(C)OC(=O)N(CCN(C(=O)OC(C)(C)C)c1ccc(N2CCc3cc(N(CC(=O)O)S(=O)(=O)c4cc(Cl)cc(Cl)c4)ccc32)nn1)C(=O)OC(C)(C)C. The molecule has 0 bridgehead atoms. The van der Waals surface area contributed by atoms with Gasteiger partial charge in [0.25, 0.3) is 10.0 Å². The molecule has 304 valence electrons. The van der Waals surface area contributed by atoms with E-state index in [0.717, 1.165) is 14.1 Å². The van der Waals surface area contributed by atoms with Crippen LogP contribution in [0, 0.1) is 0 Å². The first-order valence-electron chi connectivity index (χ1n) is 17.4. The van der Waals surface area contributed by atoms with Gasteiger partial charge in [0.15, 0.2) is 11.6 Å². The maximum Gasteiger partial charge on any atom is 0.419 e. The fourth-order valence-electron chi connectivity index (χ4n) is 5.34. The van der Waals surface area contributed by atoms with Crippen molar-refractivity contribution in [2.24, 2.45) is 0 Å². The van der Waals surface area contributed by atoms with E-state index in [-0.39, 0.29) is 39.5 Å². The zero-order valence-corrected chi connectivity index (χ0v) is 35.0. The molecule has 16 nitrogen and oxygen atoms in total. The summed E-state index contributed by atoms with van der Waals surface area (Å²) in [6.07, 6.45) is -2.30. The molecule has 0 fully saturated rings. The number of ether oxygens (including phenoxy) is 3. The highest BCUT2D eigenvalue weighted by Gasteiger charge is 2.34. The second-order valence-electron chi connectivity index (χ2n) is 15.7. The Morgan fingerprint density at radius 2 is 1.32 bits per heavy atom. The van der Waals surface area contributed by atoms with E-state index in [1.54, 1.807) is 80.5 Å². The Morgan fingerprint density at radius 3 is 1.82 bits per heavy atom. The Kier molecular flexibility index (Phi) is 13.1. The van der Waals surface area contributed by atoms with E-state index in [4.69, 9.17) is 37.4 Å². The number of amides is 3. The van der Waals surface area contributed by atoms with Crippen LogP contribution in [0.2, 0.25) is 10.0 Å². The third-order valence-corrected chi connectivity index (χ3v) is 9.72. The molecule has 2 aromatic carbocycles. The Hall–Kier alpha value is -4.87. The van der Waals surface area contributed by atoms with Crippen molar-refractivity contribution in [3.05, 3.63) is 64.1 Å². The number of carbonyl (C=O) groups excluding carboxylic acids is 3. The standard InChI is InChI=1S/C37H46Cl2N6O10S/c1-35(2,3)53-32(48)43(16-17-44(33(49)54-36(4,5)6)34(50)55-37(7,8)9)30-13-12-29(40-41-30)42-15-14-23-18-26(10-11-28(23)42)45(22-31(46)47)56(51,52)27-20-24(38)19-25(39)21-27/h10-13,18-21H,14-17,22H2,1-9H3,(H,46,47). The summed E-state index contributed by atoms with van der Waals surface area (Å²) in [5.74, 6) is -0.930. The zero-order chi connectivity index (χ0) is 42.0. The number of benzene rings is 2. The molecule has 1 aliphatic rings. The van der Waals surface area contributed by atoms with Crippen molar-refractivity contribution in [2.45, 2.75) is 90.4 Å². The third kappa shape index (κ3) is 11.6. The summed E-state index contributed by atoms with van der Waals surface area (Å²) < 4.78 is 44.6. The normalized spacial score (nSPS) is 13.1. The number of hydrogen-bond acceptors (Lipinski definition) is 12. The Bertz CT molecular complexity index is 2030. The molecular formula is C37H46Cl2N6O10S. The van der Waals surface area contributed by atoms with Crippen molar-refractivity contribution < 1.29 is 46.9 Å². The number of aliphatic carboxylic acids is 1. The van der Waals surface area contributed by atoms with Gasteiger partial charge in [0.2, 0.25) is 0 Å². The number of carbonyl (C=O) groups is 4. The van der Waals surface area contributed by atoms with Gasteiger partial charge in [-0.25, -0.2) is 27.7 Å². The molecule has 56 heavy (non-hydrogen) atoms. The number of sulfonamides is 1. The molecule has 19 heteroatoms. The van der Waals surface area contributed by atoms with Gasteiger partial charge in [-0.1, -0.05) is 23.2 Å². The molecule has 0 atom stereocenters. The largest absolute Gasteiger partial charge is 0.480 e. The fourth-order valence-corrected chi connectivity index (χ4v) is 7.47. The number of halogens is 2. The van der Waals surface area contributed by atoms with E-state index < -0.39 is 57.6 Å². The van der Waals surface area contributed by atoms with Crippen LogP contribution in [0.15, 0.2) is 53.4 Å². The van der Waals surface area contributed by atoms with Crippen molar-refractivity contribution in [3.8, 4) is 0 Å². The lowest BCUT2D eigenvalue weighted by Gasteiger charge is -2.31. The molecule has 0 unspecified atom stereocenters. The van der Waals surface area contributed by atoms with Crippen LogP contribution in [0.25, 0.3) is 0 Å². The average molecular weight is 838 g/mol. The number of carboxylic acid groups (broad SMARTS) is 1. The number of fused-ring (bicyclic) bond motifs is 1. The predicted molar refractivity (Wildman–Crippen MR) is 211 cm³/mol. The molecular weight excluding hydrogens is 791 g/mol. The molecule has 1 aliphatic heterocycles. The van der Waals surface area contributed by atoms with E-state index in [2.05, 4.69) is 10.2 Å². The van der Waals surface area contributed by atoms with Gasteiger partial charge >= 0.3 is 24.2 Å². The van der Waals surface area contributed by atoms with Crippen molar-refractivity contribution in [2.75, 3.05) is 40.3 Å². The first-order valence-corrected chi connectivity index (χ1v) is 19.6. The number of nitrogens with zero attached hydrogens (tertiary/aromatic N) is 6. The quantitative estimate of drug-likeness (QED) is 0.196. The molecule has 4 rings (SSSR count). The number of rotatable bonds is 10. The topological polar surface area (TPSA) is 189 Å². The van der Waals surface area contributed by atoms with Crippen LogP contribution >= 0.6 is 23.2 Å². The van der Waals surface area contributed by atoms with Crippen molar-refractivity contribution in [3.63, 3.8) is 0 Å². The number of imide groups is 1. The molecule has 0 aliphatic carbocycles. The Morgan fingerprint density at radius 1 is 0.768 bits per heavy atom. The molecule has 0 saturated heterocycles. The summed E-state index contributed by atoms with van der Waals surface area (Å²) in [6.45, 7) is 13.9. The summed E-state index contributed by atoms with van der Waals surface area (Å²) in [4.78, 5) is 55.1. The van der Waals surface area contributed by atoms with E-state index in [1.807, 2.05) is 4.90 Å². The minimum Gasteiger partial charge on any atom is -0.480 e. The van der Waals surface area contributed by atoms with Gasteiger partial charge in [-0.15, -0.1) is 10.2 Å². The molecule has 1 N–H and O–H groups in total. The van der Waals surface area contributed by atoms with Crippen LogP contribution < -0.4 is 14.1 Å². The van der Waals surface area contributed by atoms with Crippen molar-refractivity contribution >= 4 is 80.5 Å². The highest BCUT2D eigenvalue weighted by Crippen LogP contribution is 2.38. The lowest BCUT2D eigenvalue weighted by molar-refractivity contribution is -0.135. The molecule has 0 spiro atoms. The predicted octanol–water partition coefficient (Wildman–Crippen LogP) is 7.67. The Balaban J connectivity index is 1.63. The number of carboxylic acids is 1. The molecule has 0 radical (unpaired) electrons. The molecule has 1 aromatic heterocycles. The van der Waals surface area contributed by atoms with Crippen LogP contribution in [0.4, 0.5) is 37.4 Å². The maximum absolute atomic E-state index is 13.7. The first kappa shape index (κ1) is 43.9. The van der Waals surface area contributed by atoms with Gasteiger partial charge in [0.1, 0.15) is 23.3 Å². The van der Waals surface area contributed by atoms with Gasteiger partial charge in [-0.2, -0.15) is 0 Å². The molecule has 0 saturated carbocycles. The lowest BCUT2D eigenvalue weighted by atomic mass is 10.1. The maximum atomic E-state index is 13.7. The number of hydrogen-bond donors (Lipinski definition) is 1. The minimum absolute atomic E-state index is 0.0572. The van der Waals surface area contributed by atoms with Crippen molar-refractivity contribution in [1.82, 2.24) is 15.1 Å². The summed E-state index contributed by atoms with van der Waals surface area (Å²) in [5.41, 5.74) is -1.27. The van der Waals surface area contributed by atoms with Crippen LogP contribution in [-0.4, -0.2) is 95.9 Å². The van der Waals surface area contributed by atoms with E-state index in [9.17, 15) is 32.7 Å². The van der Waals surface area contributed by atoms with Crippen LogP contribution in [0.3, 0.4) is 0 Å². The number of aromatic nitrogens is 2. The summed E-state index contributed by atoms with van der Waals surface area (Å²) >= 11 is 12.1. The van der Waals surface area contributed by atoms with Crippen LogP contribution in [0.5, 0.6) is 0 Å². The second-order valence-corrected chi connectivity index (χ2v) is 18.5. The second kappa shape index (κ2) is 16.7. The first-order chi connectivity index (χ1) is 25.7. The number of anilines is 4. The molecule has 3 aromatic rings. The van der Waals surface area contributed by atoms with E-state index in [1.165, 1.54) is 30.3 Å². The monoisotopic (exact) mass is 836 g/mol. The molecule has 3 amide bonds. The highest BCUT2D eigenvalue weighted by atomic mass is 35.5. The summed E-state index contributed by atoms with van der Waals surface area (Å²) in [5, 5.41) is 18.4. The lowest BCUT2D eigenvalue weighted by Crippen LogP contribution is -2.48. The average Bonchev–Trinajstić information content (AvgIpc) is 3.46.